The first-order valence-electron chi connectivity index (χ1n) is 10.7. The number of benzene rings is 1. The predicted molar refractivity (Wildman–Crippen MR) is 129 cm³/mol. The highest BCUT2D eigenvalue weighted by Gasteiger charge is 2.26. The molecule has 0 bridgehead atoms. The molecule has 0 spiro atoms. The second kappa shape index (κ2) is 10.3. The highest BCUT2D eigenvalue weighted by molar-refractivity contribution is 7.91. The third-order valence-electron chi connectivity index (χ3n) is 5.78. The van der Waals surface area contributed by atoms with Gasteiger partial charge < -0.3 is 0 Å². The summed E-state index contributed by atoms with van der Waals surface area (Å²) in [5.74, 6) is 0.0113. The molecule has 0 fully saturated rings. The third kappa shape index (κ3) is 6.98. The molecule has 0 N–H and O–H groups in total. The Bertz CT molecular complexity index is 995. The Morgan fingerprint density at radius 3 is 2.33 bits per heavy atom. The molecule has 0 saturated carbocycles. The van der Waals surface area contributed by atoms with Crippen LogP contribution < -0.4 is 0 Å². The van der Waals surface area contributed by atoms with Crippen LogP contribution in [-0.2, 0) is 9.84 Å². The lowest BCUT2D eigenvalue weighted by Gasteiger charge is -2.32. The molecule has 0 atom stereocenters. The van der Waals surface area contributed by atoms with Crippen LogP contribution in [-0.4, -0.2) is 14.2 Å². The number of allylic oxidation sites excluding steroid dienone is 9. The number of rotatable bonds is 7. The van der Waals surface area contributed by atoms with E-state index in [0.29, 0.717) is 4.90 Å². The van der Waals surface area contributed by atoms with Gasteiger partial charge in [-0.25, -0.2) is 8.42 Å². The van der Waals surface area contributed by atoms with E-state index in [1.54, 1.807) is 18.2 Å². The van der Waals surface area contributed by atoms with Crippen LogP contribution in [0.2, 0.25) is 0 Å². The Balaban J connectivity index is 2.01. The SMILES string of the molecule is CC1=C(/C=C/C(C)=C/C=C/C(C)=C/CS(=O)(=O)c2ccc(C)cc2)C(C)(C)CCC1. The van der Waals surface area contributed by atoms with E-state index in [4.69, 9.17) is 0 Å². The van der Waals surface area contributed by atoms with Gasteiger partial charge in [0.1, 0.15) is 0 Å². The first-order valence-corrected chi connectivity index (χ1v) is 12.4. The molecular weight excluding hydrogens is 388 g/mol. The maximum Gasteiger partial charge on any atom is 0.181 e. The maximum absolute atomic E-state index is 12.5. The number of sulfone groups is 1. The first-order chi connectivity index (χ1) is 14.0. The Morgan fingerprint density at radius 2 is 1.70 bits per heavy atom. The van der Waals surface area contributed by atoms with Crippen molar-refractivity contribution >= 4 is 9.84 Å². The number of hydrogen-bond acceptors (Lipinski definition) is 2. The minimum absolute atomic E-state index is 0.0113. The van der Waals surface area contributed by atoms with Crippen LogP contribution >= 0.6 is 0 Å². The van der Waals surface area contributed by atoms with Crippen molar-refractivity contribution in [1.82, 2.24) is 0 Å². The van der Waals surface area contributed by atoms with Crippen molar-refractivity contribution in [3.8, 4) is 0 Å². The van der Waals surface area contributed by atoms with E-state index in [2.05, 4.69) is 45.9 Å². The second-order valence-electron chi connectivity index (χ2n) is 9.08. The molecule has 1 aromatic carbocycles. The van der Waals surface area contributed by atoms with Gasteiger partial charge >= 0.3 is 0 Å². The first kappa shape index (κ1) is 24.1. The van der Waals surface area contributed by atoms with E-state index in [9.17, 15) is 8.42 Å². The second-order valence-corrected chi connectivity index (χ2v) is 11.1. The molecule has 3 heteroatoms. The smallest absolute Gasteiger partial charge is 0.181 e. The lowest BCUT2D eigenvalue weighted by Crippen LogP contribution is -2.19. The van der Waals surface area contributed by atoms with Gasteiger partial charge in [-0.2, -0.15) is 0 Å². The van der Waals surface area contributed by atoms with E-state index in [1.807, 2.05) is 38.1 Å². The van der Waals surface area contributed by atoms with Crippen molar-refractivity contribution in [1.29, 1.82) is 0 Å². The zero-order chi connectivity index (χ0) is 22.4. The summed E-state index contributed by atoms with van der Waals surface area (Å²) in [6.07, 6.45) is 15.9. The Hall–Kier alpha value is -2.13. The van der Waals surface area contributed by atoms with Crippen LogP contribution in [0.4, 0.5) is 0 Å². The van der Waals surface area contributed by atoms with Gasteiger partial charge in [0.25, 0.3) is 0 Å². The molecule has 0 heterocycles. The summed E-state index contributed by atoms with van der Waals surface area (Å²) in [4.78, 5) is 0.372. The van der Waals surface area contributed by atoms with E-state index in [1.165, 1.54) is 36.0 Å². The predicted octanol–water partition coefficient (Wildman–Crippen LogP) is 7.30. The summed E-state index contributed by atoms with van der Waals surface area (Å²) in [6, 6.07) is 7.01. The van der Waals surface area contributed by atoms with Crippen LogP contribution in [0.1, 0.15) is 59.4 Å². The van der Waals surface area contributed by atoms with Gasteiger partial charge in [-0.15, -0.1) is 0 Å². The lowest BCUT2D eigenvalue weighted by molar-refractivity contribution is 0.377. The van der Waals surface area contributed by atoms with Gasteiger partial charge in [0.15, 0.2) is 9.84 Å². The molecule has 2 nitrogen and oxygen atoms in total. The summed E-state index contributed by atoms with van der Waals surface area (Å²) in [7, 11) is -3.29. The largest absolute Gasteiger partial charge is 0.223 e. The molecule has 1 aliphatic carbocycles. The molecular formula is C27H36O2S. The van der Waals surface area contributed by atoms with E-state index in [-0.39, 0.29) is 11.2 Å². The van der Waals surface area contributed by atoms with Gasteiger partial charge in [0.2, 0.25) is 0 Å². The minimum atomic E-state index is -3.29. The highest BCUT2D eigenvalue weighted by Crippen LogP contribution is 2.40. The van der Waals surface area contributed by atoms with Crippen molar-refractivity contribution in [2.24, 2.45) is 5.41 Å². The summed E-state index contributed by atoms with van der Waals surface area (Å²) in [6.45, 7) is 12.9. The fourth-order valence-electron chi connectivity index (χ4n) is 3.78. The van der Waals surface area contributed by atoms with Crippen molar-refractivity contribution in [3.63, 3.8) is 0 Å². The van der Waals surface area contributed by atoms with Crippen LogP contribution in [0.5, 0.6) is 0 Å². The molecule has 1 aliphatic rings. The maximum atomic E-state index is 12.5. The third-order valence-corrected chi connectivity index (χ3v) is 7.37. The highest BCUT2D eigenvalue weighted by atomic mass is 32.2. The standard InChI is InChI=1S/C27H36O2S/c1-21(14-17-26-24(4)11-8-19-27(26,5)6)9-7-10-22(2)18-20-30(28,29)25-15-12-23(3)13-16-25/h7,9-10,12-18H,8,11,19-20H2,1-6H3/b10-7+,17-14+,21-9+,22-18+. The fourth-order valence-corrected chi connectivity index (χ4v) is 5.01. The van der Waals surface area contributed by atoms with E-state index >= 15 is 0 Å². The van der Waals surface area contributed by atoms with Gasteiger partial charge in [-0.3, -0.25) is 0 Å². The fraction of sp³-hybridized carbons (Fsp3) is 0.407. The zero-order valence-electron chi connectivity index (χ0n) is 19.3. The average molecular weight is 425 g/mol. The average Bonchev–Trinajstić information content (AvgIpc) is 2.66. The van der Waals surface area contributed by atoms with Crippen molar-refractivity contribution in [3.05, 3.63) is 88.6 Å². The molecule has 162 valence electrons. The summed E-state index contributed by atoms with van der Waals surface area (Å²) in [5.41, 5.74) is 6.37. The molecule has 0 aromatic heterocycles. The number of hydrogen-bond donors (Lipinski definition) is 0. The zero-order valence-corrected chi connectivity index (χ0v) is 20.1. The molecule has 2 rings (SSSR count). The minimum Gasteiger partial charge on any atom is -0.223 e. The lowest BCUT2D eigenvalue weighted by atomic mass is 9.72. The Kier molecular flexibility index (Phi) is 8.25. The molecule has 0 unspecified atom stereocenters. The summed E-state index contributed by atoms with van der Waals surface area (Å²) >= 11 is 0. The Labute approximate surface area is 183 Å². The number of aryl methyl sites for hydroxylation is 1. The Morgan fingerprint density at radius 1 is 1.03 bits per heavy atom. The summed E-state index contributed by atoms with van der Waals surface area (Å²) in [5, 5.41) is 0. The van der Waals surface area contributed by atoms with Gasteiger partial charge in [0.05, 0.1) is 10.6 Å². The van der Waals surface area contributed by atoms with Crippen LogP contribution in [0.15, 0.2) is 87.9 Å². The molecule has 30 heavy (non-hydrogen) atoms. The van der Waals surface area contributed by atoms with Crippen molar-refractivity contribution in [2.45, 2.75) is 65.7 Å². The monoisotopic (exact) mass is 424 g/mol. The quantitative estimate of drug-likeness (QED) is 0.430. The molecule has 0 amide bonds. The van der Waals surface area contributed by atoms with Gasteiger partial charge in [0, 0.05) is 0 Å². The normalized spacial score (nSPS) is 18.6. The molecule has 1 aromatic rings. The van der Waals surface area contributed by atoms with E-state index in [0.717, 1.165) is 11.1 Å². The van der Waals surface area contributed by atoms with Crippen molar-refractivity contribution < 1.29 is 8.42 Å². The van der Waals surface area contributed by atoms with Gasteiger partial charge in [-0.1, -0.05) is 84.7 Å². The summed E-state index contributed by atoms with van der Waals surface area (Å²) < 4.78 is 24.9. The van der Waals surface area contributed by atoms with Gasteiger partial charge in [-0.05, 0) is 70.1 Å². The molecule has 0 saturated heterocycles. The topological polar surface area (TPSA) is 34.1 Å². The molecule has 0 radical (unpaired) electrons. The molecule has 0 aliphatic heterocycles. The van der Waals surface area contributed by atoms with Crippen molar-refractivity contribution in [2.75, 3.05) is 5.75 Å². The van der Waals surface area contributed by atoms with E-state index < -0.39 is 9.84 Å². The van der Waals surface area contributed by atoms with Crippen LogP contribution in [0.3, 0.4) is 0 Å². The van der Waals surface area contributed by atoms with Crippen LogP contribution in [0.25, 0.3) is 0 Å². The van der Waals surface area contributed by atoms with Crippen LogP contribution in [0, 0.1) is 12.3 Å².